The van der Waals surface area contributed by atoms with Crippen LogP contribution in [0.4, 0.5) is 18.9 Å². The van der Waals surface area contributed by atoms with Gasteiger partial charge >= 0.3 is 6.18 Å². The predicted molar refractivity (Wildman–Crippen MR) is 97.2 cm³/mol. The summed E-state index contributed by atoms with van der Waals surface area (Å²) >= 11 is 5.66. The number of nitrogens with zero attached hydrogens (tertiary/aromatic N) is 2. The van der Waals surface area contributed by atoms with Gasteiger partial charge in [-0.15, -0.1) is 0 Å². The molecule has 1 amide bonds. The van der Waals surface area contributed by atoms with Gasteiger partial charge in [-0.05, 0) is 30.3 Å². The molecule has 1 fully saturated rings. The Balaban J connectivity index is 1.56. The van der Waals surface area contributed by atoms with Crippen LogP contribution in [0.2, 0.25) is 5.02 Å². The Kier molecular flexibility index (Phi) is 5.79. The molecule has 1 heterocycles. The van der Waals surface area contributed by atoms with Crippen molar-refractivity contribution in [2.45, 2.75) is 6.18 Å². The SMILES string of the molecule is O=C(COc1ccccc1)N1CCN(c2ccc(Cl)c(C(F)(F)F)c2)CC1. The zero-order valence-electron chi connectivity index (χ0n) is 14.4. The maximum atomic E-state index is 13.0. The predicted octanol–water partition coefficient (Wildman–Crippen LogP) is 4.09. The lowest BCUT2D eigenvalue weighted by molar-refractivity contribution is -0.137. The average Bonchev–Trinajstić information content (AvgIpc) is 2.66. The van der Waals surface area contributed by atoms with Crippen LogP contribution in [-0.4, -0.2) is 43.6 Å². The van der Waals surface area contributed by atoms with Gasteiger partial charge in [-0.3, -0.25) is 4.79 Å². The van der Waals surface area contributed by atoms with Crippen LogP contribution < -0.4 is 9.64 Å². The number of alkyl halides is 3. The molecule has 0 radical (unpaired) electrons. The Hall–Kier alpha value is -2.41. The summed E-state index contributed by atoms with van der Waals surface area (Å²) in [5.41, 5.74) is -0.407. The summed E-state index contributed by atoms with van der Waals surface area (Å²) in [6, 6.07) is 12.9. The molecular formula is C19H18ClF3N2O2. The minimum Gasteiger partial charge on any atom is -0.484 e. The van der Waals surface area contributed by atoms with Crippen LogP contribution in [0.3, 0.4) is 0 Å². The monoisotopic (exact) mass is 398 g/mol. The summed E-state index contributed by atoms with van der Waals surface area (Å²) < 4.78 is 44.5. The topological polar surface area (TPSA) is 32.8 Å². The zero-order valence-corrected chi connectivity index (χ0v) is 15.1. The Bertz CT molecular complexity index is 791. The van der Waals surface area contributed by atoms with E-state index in [1.165, 1.54) is 6.07 Å². The van der Waals surface area contributed by atoms with Crippen LogP contribution in [0.15, 0.2) is 48.5 Å². The molecule has 2 aromatic carbocycles. The van der Waals surface area contributed by atoms with Gasteiger partial charge in [0.05, 0.1) is 10.6 Å². The van der Waals surface area contributed by atoms with Crippen LogP contribution in [0.25, 0.3) is 0 Å². The molecule has 2 aromatic rings. The van der Waals surface area contributed by atoms with Crippen LogP contribution in [-0.2, 0) is 11.0 Å². The highest BCUT2D eigenvalue weighted by molar-refractivity contribution is 6.31. The van der Waals surface area contributed by atoms with Gasteiger partial charge in [-0.1, -0.05) is 29.8 Å². The third kappa shape index (κ3) is 4.86. The van der Waals surface area contributed by atoms with E-state index in [1.807, 2.05) is 23.1 Å². The number of hydrogen-bond donors (Lipinski definition) is 0. The maximum Gasteiger partial charge on any atom is 0.417 e. The van der Waals surface area contributed by atoms with Crippen LogP contribution in [0, 0.1) is 0 Å². The molecule has 0 unspecified atom stereocenters. The minimum atomic E-state index is -4.50. The first-order chi connectivity index (χ1) is 12.8. The Morgan fingerprint density at radius 1 is 1.04 bits per heavy atom. The molecule has 0 atom stereocenters. The summed E-state index contributed by atoms with van der Waals surface area (Å²) in [7, 11) is 0. The number of ether oxygens (including phenoxy) is 1. The fourth-order valence-electron chi connectivity index (χ4n) is 2.89. The van der Waals surface area contributed by atoms with Gasteiger partial charge in [0.1, 0.15) is 5.75 Å². The van der Waals surface area contributed by atoms with Crippen molar-refractivity contribution in [2.24, 2.45) is 0 Å². The Morgan fingerprint density at radius 2 is 1.70 bits per heavy atom. The average molecular weight is 399 g/mol. The van der Waals surface area contributed by atoms with Gasteiger partial charge in [-0.2, -0.15) is 13.2 Å². The number of para-hydroxylation sites is 1. The van der Waals surface area contributed by atoms with Gasteiger partial charge in [-0.25, -0.2) is 0 Å². The molecule has 0 spiro atoms. The summed E-state index contributed by atoms with van der Waals surface area (Å²) in [5.74, 6) is 0.468. The molecule has 0 N–H and O–H groups in total. The summed E-state index contributed by atoms with van der Waals surface area (Å²) in [5, 5.41) is -0.321. The van der Waals surface area contributed by atoms with Crippen molar-refractivity contribution >= 4 is 23.2 Å². The lowest BCUT2D eigenvalue weighted by atomic mass is 10.1. The zero-order chi connectivity index (χ0) is 19.4. The number of amides is 1. The van der Waals surface area contributed by atoms with E-state index in [9.17, 15) is 18.0 Å². The molecule has 1 saturated heterocycles. The number of halogens is 4. The Labute approximate surface area is 160 Å². The van der Waals surface area contributed by atoms with E-state index in [0.717, 1.165) is 6.07 Å². The van der Waals surface area contributed by atoms with Crippen LogP contribution in [0.1, 0.15) is 5.56 Å². The second-order valence-electron chi connectivity index (χ2n) is 6.13. The van der Waals surface area contributed by atoms with Gasteiger partial charge < -0.3 is 14.5 Å². The van der Waals surface area contributed by atoms with E-state index in [1.54, 1.807) is 23.1 Å². The van der Waals surface area contributed by atoms with Crippen molar-refractivity contribution in [2.75, 3.05) is 37.7 Å². The minimum absolute atomic E-state index is 0.0663. The van der Waals surface area contributed by atoms with E-state index in [2.05, 4.69) is 0 Å². The van der Waals surface area contributed by atoms with E-state index < -0.39 is 11.7 Å². The first-order valence-corrected chi connectivity index (χ1v) is 8.80. The number of anilines is 1. The third-order valence-electron chi connectivity index (χ3n) is 4.36. The summed E-state index contributed by atoms with van der Waals surface area (Å²) in [6.45, 7) is 1.65. The van der Waals surface area contributed by atoms with E-state index >= 15 is 0 Å². The first kappa shape index (κ1) is 19.4. The summed E-state index contributed by atoms with van der Waals surface area (Å²) in [6.07, 6.45) is -4.50. The van der Waals surface area contributed by atoms with Crippen molar-refractivity contribution in [3.63, 3.8) is 0 Å². The lowest BCUT2D eigenvalue weighted by Crippen LogP contribution is -2.50. The van der Waals surface area contributed by atoms with Gasteiger partial charge in [0.2, 0.25) is 0 Å². The van der Waals surface area contributed by atoms with Crippen molar-refractivity contribution in [1.82, 2.24) is 4.90 Å². The second kappa shape index (κ2) is 8.08. The molecule has 0 saturated carbocycles. The molecule has 8 heteroatoms. The molecule has 3 rings (SSSR count). The highest BCUT2D eigenvalue weighted by Gasteiger charge is 2.34. The van der Waals surface area contributed by atoms with Gasteiger partial charge in [0.25, 0.3) is 5.91 Å². The molecule has 144 valence electrons. The Morgan fingerprint density at radius 3 is 2.33 bits per heavy atom. The lowest BCUT2D eigenvalue weighted by Gasteiger charge is -2.36. The van der Waals surface area contributed by atoms with E-state index in [4.69, 9.17) is 16.3 Å². The van der Waals surface area contributed by atoms with Crippen molar-refractivity contribution < 1.29 is 22.7 Å². The van der Waals surface area contributed by atoms with Gasteiger partial charge in [0, 0.05) is 31.9 Å². The number of piperazine rings is 1. The quantitative estimate of drug-likeness (QED) is 0.777. The highest BCUT2D eigenvalue weighted by atomic mass is 35.5. The maximum absolute atomic E-state index is 13.0. The normalized spacial score (nSPS) is 15.0. The largest absolute Gasteiger partial charge is 0.484 e. The fourth-order valence-corrected chi connectivity index (χ4v) is 3.12. The van der Waals surface area contributed by atoms with Crippen molar-refractivity contribution in [3.05, 3.63) is 59.1 Å². The van der Waals surface area contributed by atoms with E-state index in [-0.39, 0.29) is 17.5 Å². The number of rotatable bonds is 4. The molecular weight excluding hydrogens is 381 g/mol. The summed E-state index contributed by atoms with van der Waals surface area (Å²) in [4.78, 5) is 15.7. The fraction of sp³-hybridized carbons (Fsp3) is 0.316. The van der Waals surface area contributed by atoms with Crippen LogP contribution >= 0.6 is 11.6 Å². The van der Waals surface area contributed by atoms with Crippen molar-refractivity contribution in [3.8, 4) is 5.75 Å². The molecule has 27 heavy (non-hydrogen) atoms. The standard InChI is InChI=1S/C19H18ClF3N2O2/c20-17-7-6-14(12-16(17)19(21,22)23)24-8-10-25(11-9-24)18(26)13-27-15-4-2-1-3-5-15/h1-7,12H,8-11,13H2. The number of hydrogen-bond acceptors (Lipinski definition) is 3. The third-order valence-corrected chi connectivity index (χ3v) is 4.69. The highest BCUT2D eigenvalue weighted by Crippen LogP contribution is 2.37. The number of carbonyl (C=O) groups is 1. The first-order valence-electron chi connectivity index (χ1n) is 8.42. The molecule has 1 aliphatic heterocycles. The van der Waals surface area contributed by atoms with Crippen LogP contribution in [0.5, 0.6) is 5.75 Å². The molecule has 1 aliphatic rings. The second-order valence-corrected chi connectivity index (χ2v) is 6.54. The molecule has 0 bridgehead atoms. The molecule has 0 aromatic heterocycles. The van der Waals surface area contributed by atoms with Gasteiger partial charge in [0.15, 0.2) is 6.61 Å². The van der Waals surface area contributed by atoms with Crippen molar-refractivity contribution in [1.29, 1.82) is 0 Å². The molecule has 4 nitrogen and oxygen atoms in total. The smallest absolute Gasteiger partial charge is 0.417 e. The number of benzene rings is 2. The number of carbonyl (C=O) groups excluding carboxylic acids is 1. The van der Waals surface area contributed by atoms with E-state index in [0.29, 0.717) is 37.6 Å². The molecule has 0 aliphatic carbocycles.